The Hall–Kier alpha value is -16.8. The normalized spacial score (nSPS) is 11.7. The first-order valence-electron chi connectivity index (χ1n) is 43.1. The van der Waals surface area contributed by atoms with Crippen LogP contribution >= 0.6 is 0 Å². The molecule has 0 aliphatic carbocycles. The Morgan fingerprint density at radius 1 is 0.159 bits per heavy atom. The van der Waals surface area contributed by atoms with Gasteiger partial charge in [-0.25, -0.2) is 0 Å². The van der Waals surface area contributed by atoms with Gasteiger partial charge < -0.3 is 27.8 Å². The smallest absolute Gasteiger partial charge is 0.143 e. The summed E-state index contributed by atoms with van der Waals surface area (Å²) >= 11 is 0. The number of rotatable bonds is 17. The number of aromatic nitrogens is 2. The van der Waals surface area contributed by atoms with Crippen LogP contribution in [-0.2, 0) is 0 Å². The molecule has 0 amide bonds. The second kappa shape index (κ2) is 30.7. The molecular formula is C120H78N4O2. The van der Waals surface area contributed by atoms with Crippen molar-refractivity contribution in [3.05, 3.63) is 473 Å². The predicted molar refractivity (Wildman–Crippen MR) is 528 cm³/mol. The first kappa shape index (κ1) is 73.1. The van der Waals surface area contributed by atoms with Crippen molar-refractivity contribution in [3.63, 3.8) is 0 Å². The number of nitrogens with zero attached hydrogens (tertiary/aromatic N) is 4. The van der Waals surface area contributed by atoms with E-state index in [1.54, 1.807) is 0 Å². The maximum Gasteiger partial charge on any atom is 0.143 e. The fourth-order valence-electron chi connectivity index (χ4n) is 19.4. The van der Waals surface area contributed by atoms with E-state index in [9.17, 15) is 0 Å². The van der Waals surface area contributed by atoms with E-state index in [0.717, 1.165) is 178 Å². The average Bonchev–Trinajstić information content (AvgIpc) is 1.57. The number of furan rings is 2. The molecule has 0 N–H and O–H groups in total. The number of benzene rings is 20. The zero-order valence-electron chi connectivity index (χ0n) is 68.6. The third kappa shape index (κ3) is 12.7. The molecule has 0 aliphatic rings. The Bertz CT molecular complexity index is 8250. The maximum atomic E-state index is 7.17. The molecule has 4 aromatic heterocycles. The summed E-state index contributed by atoms with van der Waals surface area (Å²) in [6.45, 7) is 0. The van der Waals surface area contributed by atoms with Crippen LogP contribution in [0.5, 0.6) is 0 Å². The summed E-state index contributed by atoms with van der Waals surface area (Å²) in [5.74, 6) is 0. The molecule has 0 fully saturated rings. The SMILES string of the molecule is c1ccc(-c2ccc(-c3ccccc3N(c3cccc(-c4ccccc4-n4c5ccccc5c5ccccc54)c3)c3cccc(-c4cccc5c4oc4ccc(-c6cc(-c7ccccc7)cc(-c7ccc(N(c8cccc(-c9ccccc9-n9c%10ccccc%10c%10ccccc%109)c8)c8cccc(-c9cccc%10c9oc9ccccc9%10)c8)cc7)c6)cc45)c3)cc2)cc1. The van der Waals surface area contributed by atoms with E-state index >= 15 is 0 Å². The van der Waals surface area contributed by atoms with Crippen LogP contribution < -0.4 is 9.80 Å². The molecule has 0 unspecified atom stereocenters. The Kier molecular flexibility index (Phi) is 17.8. The minimum absolute atomic E-state index is 0.818. The molecule has 0 saturated carbocycles. The quantitative estimate of drug-likeness (QED) is 0.0911. The molecule has 24 aromatic rings. The summed E-state index contributed by atoms with van der Waals surface area (Å²) in [5.41, 5.74) is 36.2. The van der Waals surface area contributed by atoms with Crippen LogP contribution in [0, 0.1) is 0 Å². The van der Waals surface area contributed by atoms with Crippen LogP contribution in [0.15, 0.2) is 482 Å². The largest absolute Gasteiger partial charge is 0.455 e. The molecule has 0 radical (unpaired) electrons. The van der Waals surface area contributed by atoms with E-state index in [-0.39, 0.29) is 0 Å². The second-order valence-corrected chi connectivity index (χ2v) is 32.6. The number of anilines is 6. The summed E-state index contributed by atoms with van der Waals surface area (Å²) in [6.07, 6.45) is 0. The summed E-state index contributed by atoms with van der Waals surface area (Å²) in [4.78, 5) is 4.83. The monoisotopic (exact) mass is 1610 g/mol. The van der Waals surface area contributed by atoms with Gasteiger partial charge in [0.25, 0.3) is 0 Å². The van der Waals surface area contributed by atoms with Crippen molar-refractivity contribution in [1.29, 1.82) is 0 Å². The molecule has 20 aromatic carbocycles. The van der Waals surface area contributed by atoms with Crippen molar-refractivity contribution in [2.45, 2.75) is 0 Å². The minimum atomic E-state index is 0.818. The van der Waals surface area contributed by atoms with E-state index in [1.807, 2.05) is 6.07 Å². The molecule has 0 aliphatic heterocycles. The van der Waals surface area contributed by atoms with Crippen LogP contribution in [0.2, 0.25) is 0 Å². The fourth-order valence-corrected chi connectivity index (χ4v) is 19.4. The first-order valence-corrected chi connectivity index (χ1v) is 43.1. The Morgan fingerprint density at radius 3 is 0.976 bits per heavy atom. The topological polar surface area (TPSA) is 42.6 Å². The van der Waals surface area contributed by atoms with Gasteiger partial charge in [-0.1, -0.05) is 334 Å². The van der Waals surface area contributed by atoms with Crippen LogP contribution in [-0.4, -0.2) is 9.13 Å². The minimum Gasteiger partial charge on any atom is -0.455 e. The van der Waals surface area contributed by atoms with E-state index in [2.05, 4.69) is 486 Å². The summed E-state index contributed by atoms with van der Waals surface area (Å²) < 4.78 is 18.7. The van der Waals surface area contributed by atoms with Gasteiger partial charge in [-0.05, 0) is 212 Å². The van der Waals surface area contributed by atoms with Crippen molar-refractivity contribution in [3.8, 4) is 112 Å². The van der Waals surface area contributed by atoms with Crippen molar-refractivity contribution in [2.24, 2.45) is 0 Å². The molecule has 0 bridgehead atoms. The molecule has 126 heavy (non-hydrogen) atoms. The number of para-hydroxylation sites is 10. The highest BCUT2D eigenvalue weighted by atomic mass is 16.3. The molecular weight excluding hydrogens is 1530 g/mol. The lowest BCUT2D eigenvalue weighted by Gasteiger charge is -2.29. The van der Waals surface area contributed by atoms with E-state index in [1.165, 1.54) is 54.7 Å². The van der Waals surface area contributed by atoms with Crippen LogP contribution in [0.4, 0.5) is 34.1 Å². The standard InChI is InChI=1S/C120H78N4O2/c1-3-29-79(30-4-1)81-61-63-83(64-62-81)97-41-7-15-53-110(97)122(95-39-24-34-86(75-95)99-43-9-17-55-112(99)124-115-58-20-12-46-104(115)105-47-13-21-59-116(105)124)96-40-26-36-88(77-96)101-50-28-52-108-109-78-84(67-70-118(109)126-120(101)108)91-72-89(80-31-5-2-6-32-80)71-90(73-91)82-65-68-92(69-66-82)121(94-38-25-35-87(76-94)100-49-27-51-107-106-48-14-22-60-117(106)125-119(100)107)93-37-23-33-85(74-93)98-42-8-16-54-111(98)123-113-56-18-10-44-102(113)103-45-11-19-57-114(103)123/h1-78H. The highest BCUT2D eigenvalue weighted by Crippen LogP contribution is 2.49. The third-order valence-electron chi connectivity index (χ3n) is 25.3. The van der Waals surface area contributed by atoms with Crippen molar-refractivity contribution < 1.29 is 8.83 Å². The molecule has 0 spiro atoms. The van der Waals surface area contributed by atoms with Gasteiger partial charge in [0.15, 0.2) is 0 Å². The highest BCUT2D eigenvalue weighted by Gasteiger charge is 2.26. The molecule has 0 atom stereocenters. The highest BCUT2D eigenvalue weighted by molar-refractivity contribution is 6.14. The van der Waals surface area contributed by atoms with Gasteiger partial charge in [0, 0.05) is 99.3 Å². The van der Waals surface area contributed by atoms with Gasteiger partial charge >= 0.3 is 0 Å². The predicted octanol–water partition coefficient (Wildman–Crippen LogP) is 33.6. The lowest BCUT2D eigenvalue weighted by Crippen LogP contribution is -2.11. The van der Waals surface area contributed by atoms with Crippen LogP contribution in [0.3, 0.4) is 0 Å². The lowest BCUT2D eigenvalue weighted by molar-refractivity contribution is 0.669. The zero-order valence-corrected chi connectivity index (χ0v) is 68.6. The number of hydrogen-bond donors (Lipinski definition) is 0. The Labute approximate surface area is 729 Å². The maximum absolute atomic E-state index is 7.17. The summed E-state index contributed by atoms with van der Waals surface area (Å²) in [7, 11) is 0. The molecule has 0 saturated heterocycles. The lowest BCUT2D eigenvalue weighted by atomic mass is 9.92. The Morgan fingerprint density at radius 2 is 0.476 bits per heavy atom. The molecule has 590 valence electrons. The zero-order chi connectivity index (χ0) is 83.1. The summed E-state index contributed by atoms with van der Waals surface area (Å²) in [6, 6.07) is 172. The van der Waals surface area contributed by atoms with Crippen LogP contribution in [0.25, 0.3) is 199 Å². The first-order chi connectivity index (χ1) is 62.5. The van der Waals surface area contributed by atoms with Gasteiger partial charge in [0.2, 0.25) is 0 Å². The second-order valence-electron chi connectivity index (χ2n) is 32.6. The van der Waals surface area contributed by atoms with Gasteiger partial charge in [-0.15, -0.1) is 0 Å². The third-order valence-corrected chi connectivity index (χ3v) is 25.3. The van der Waals surface area contributed by atoms with Gasteiger partial charge in [0.05, 0.1) is 39.1 Å². The van der Waals surface area contributed by atoms with Gasteiger partial charge in [0.1, 0.15) is 22.3 Å². The average molecular weight is 1610 g/mol. The van der Waals surface area contributed by atoms with Crippen LogP contribution in [0.1, 0.15) is 0 Å². The van der Waals surface area contributed by atoms with Gasteiger partial charge in [-0.3, -0.25) is 0 Å². The molecule has 6 nitrogen and oxygen atoms in total. The van der Waals surface area contributed by atoms with Crippen molar-refractivity contribution in [2.75, 3.05) is 9.80 Å². The molecule has 6 heteroatoms. The van der Waals surface area contributed by atoms with Gasteiger partial charge in [-0.2, -0.15) is 0 Å². The van der Waals surface area contributed by atoms with E-state index in [0.29, 0.717) is 0 Å². The Balaban J connectivity index is 0.604. The van der Waals surface area contributed by atoms with E-state index < -0.39 is 0 Å². The fraction of sp³-hybridized carbons (Fsp3) is 0. The number of fused-ring (bicyclic) bond motifs is 12. The summed E-state index contributed by atoms with van der Waals surface area (Å²) in [5, 5.41) is 9.19. The number of hydrogen-bond acceptors (Lipinski definition) is 4. The van der Waals surface area contributed by atoms with Crippen molar-refractivity contribution in [1.82, 2.24) is 9.13 Å². The van der Waals surface area contributed by atoms with E-state index in [4.69, 9.17) is 8.83 Å². The molecule has 24 rings (SSSR count). The molecule has 4 heterocycles. The van der Waals surface area contributed by atoms with Crippen molar-refractivity contribution >= 4 is 122 Å².